The predicted octanol–water partition coefficient (Wildman–Crippen LogP) is 4.64. The van der Waals surface area contributed by atoms with Gasteiger partial charge in [-0.3, -0.25) is 9.77 Å². The fraction of sp³-hybridized carbons (Fsp3) is 0.318. The van der Waals surface area contributed by atoms with Crippen LogP contribution in [-0.4, -0.2) is 52.9 Å². The highest BCUT2D eigenvalue weighted by Crippen LogP contribution is 2.39. The Bertz CT molecular complexity index is 1510. The molecule has 0 bridgehead atoms. The van der Waals surface area contributed by atoms with Gasteiger partial charge in [0.05, 0.1) is 20.5 Å². The number of aliphatic imine (C=N–C) groups is 1. The maximum Gasteiger partial charge on any atom is 0.490 e. The summed E-state index contributed by atoms with van der Waals surface area (Å²) < 4.78 is 72.3. The summed E-state index contributed by atoms with van der Waals surface area (Å²) >= 11 is 5.81. The molecule has 0 unspecified atom stereocenters. The van der Waals surface area contributed by atoms with Crippen molar-refractivity contribution in [2.75, 3.05) is 5.75 Å². The number of rotatable bonds is 3. The largest absolute Gasteiger partial charge is 0.490 e. The lowest BCUT2D eigenvalue weighted by Gasteiger charge is -2.39. The summed E-state index contributed by atoms with van der Waals surface area (Å²) in [7, 11) is -3.18. The fourth-order valence-corrected chi connectivity index (χ4v) is 5.22. The van der Waals surface area contributed by atoms with Crippen LogP contribution in [0.2, 0.25) is 5.02 Å². The van der Waals surface area contributed by atoms with Crippen LogP contribution in [0.4, 0.5) is 17.6 Å². The highest BCUT2D eigenvalue weighted by Gasteiger charge is 2.47. The summed E-state index contributed by atoms with van der Waals surface area (Å²) in [5.74, 6) is -2.71. The maximum atomic E-state index is 14.9. The molecule has 3 aromatic rings. The minimum absolute atomic E-state index is 0.0629. The second-order valence-corrected chi connectivity index (χ2v) is 12.0. The number of nitrogens with zero attached hydrogens (tertiary/aromatic N) is 4. The van der Waals surface area contributed by atoms with E-state index in [-0.39, 0.29) is 17.2 Å². The van der Waals surface area contributed by atoms with E-state index in [2.05, 4.69) is 20.1 Å². The number of nitrogens with one attached hydrogen (secondary N) is 1. The molecule has 0 amide bonds. The van der Waals surface area contributed by atoms with E-state index < -0.39 is 38.0 Å². The van der Waals surface area contributed by atoms with Crippen molar-refractivity contribution in [3.05, 3.63) is 53.1 Å². The van der Waals surface area contributed by atoms with Crippen molar-refractivity contribution in [1.29, 1.82) is 4.78 Å². The van der Waals surface area contributed by atoms with Crippen molar-refractivity contribution >= 4 is 33.1 Å². The normalized spacial score (nSPS) is 22.7. The van der Waals surface area contributed by atoms with Crippen LogP contribution in [0.15, 0.2) is 46.2 Å². The molecular weight excluding hydrogens is 556 g/mol. The Balaban J connectivity index is 0.000000505. The minimum atomic E-state index is -5.08. The Morgan fingerprint density at radius 2 is 1.79 bits per heavy atom. The van der Waals surface area contributed by atoms with Gasteiger partial charge >= 0.3 is 12.1 Å². The van der Waals surface area contributed by atoms with Gasteiger partial charge in [0.25, 0.3) is 0 Å². The molecule has 0 saturated heterocycles. The fourth-order valence-electron chi connectivity index (χ4n) is 3.37. The summed E-state index contributed by atoms with van der Waals surface area (Å²) in [6, 6.07) is 5.98. The molecule has 1 aromatic carbocycles. The Hall–Kier alpha value is -3.59. The van der Waals surface area contributed by atoms with Crippen molar-refractivity contribution in [1.82, 2.24) is 15.1 Å². The van der Waals surface area contributed by atoms with E-state index in [0.717, 1.165) is 0 Å². The Labute approximate surface area is 218 Å². The molecule has 0 saturated carbocycles. The first-order chi connectivity index (χ1) is 17.4. The maximum absolute atomic E-state index is 14.9. The Kier molecular flexibility index (Phi) is 7.58. The number of benzene rings is 1. The van der Waals surface area contributed by atoms with E-state index >= 15 is 0 Å². The molecule has 0 fully saturated rings. The number of halogens is 5. The number of hydrogen-bond donors (Lipinski definition) is 3. The Morgan fingerprint density at radius 3 is 2.32 bits per heavy atom. The van der Waals surface area contributed by atoms with Gasteiger partial charge in [0, 0.05) is 29.6 Å². The van der Waals surface area contributed by atoms with Crippen LogP contribution in [0.3, 0.4) is 0 Å². The topological polar surface area (TPSA) is 168 Å². The van der Waals surface area contributed by atoms with Crippen molar-refractivity contribution in [3.63, 3.8) is 0 Å². The first-order valence-electron chi connectivity index (χ1n) is 10.5. The highest BCUT2D eigenvalue weighted by atomic mass is 35.5. The molecule has 2 atom stereocenters. The molecular formula is C22H21ClF4N6O4S. The van der Waals surface area contributed by atoms with Crippen molar-refractivity contribution in [2.24, 2.45) is 10.7 Å². The van der Waals surface area contributed by atoms with Gasteiger partial charge < -0.3 is 15.4 Å². The molecule has 10 nitrogen and oxygen atoms in total. The number of aromatic nitrogens is 3. The van der Waals surface area contributed by atoms with Crippen LogP contribution >= 0.6 is 11.6 Å². The Morgan fingerprint density at radius 1 is 1.21 bits per heavy atom. The SMILES string of the molecule is CC1(C)C(N)=N[C@](C)(c2cc(-c3cc(-c4ncc(Cl)cn4)no3)ccc2F)C[S@@]1(=N)=O.O=C(O)C(F)(F)F. The molecule has 2 aromatic heterocycles. The molecule has 4 N–H and O–H groups in total. The number of aliphatic carboxylic acids is 1. The molecule has 0 aliphatic carbocycles. The van der Waals surface area contributed by atoms with Crippen molar-refractivity contribution < 1.29 is 36.2 Å². The summed E-state index contributed by atoms with van der Waals surface area (Å²) in [5.41, 5.74) is 5.88. The molecule has 0 radical (unpaired) electrons. The third-order valence-corrected chi connectivity index (χ3v) is 8.75. The zero-order valence-corrected chi connectivity index (χ0v) is 21.6. The van der Waals surface area contributed by atoms with Crippen LogP contribution < -0.4 is 5.73 Å². The summed E-state index contributed by atoms with van der Waals surface area (Å²) in [4.78, 5) is 21.6. The number of nitrogens with two attached hydrogens (primary N) is 1. The van der Waals surface area contributed by atoms with Gasteiger partial charge in [-0.1, -0.05) is 16.8 Å². The minimum Gasteiger partial charge on any atom is -0.475 e. The van der Waals surface area contributed by atoms with Gasteiger partial charge in [-0.25, -0.2) is 23.4 Å². The van der Waals surface area contributed by atoms with Gasteiger partial charge in [0.1, 0.15) is 21.9 Å². The quantitative estimate of drug-likeness (QED) is 0.379. The van der Waals surface area contributed by atoms with Gasteiger partial charge in [-0.05, 0) is 39.0 Å². The molecule has 0 spiro atoms. The average Bonchev–Trinajstić information content (AvgIpc) is 3.28. The lowest BCUT2D eigenvalue weighted by Crippen LogP contribution is -2.54. The molecule has 38 heavy (non-hydrogen) atoms. The molecule has 3 heterocycles. The van der Waals surface area contributed by atoms with Gasteiger partial charge in [-0.2, -0.15) is 13.2 Å². The lowest BCUT2D eigenvalue weighted by molar-refractivity contribution is -0.192. The first-order valence-corrected chi connectivity index (χ1v) is 12.6. The van der Waals surface area contributed by atoms with Crippen molar-refractivity contribution in [2.45, 2.75) is 37.2 Å². The first kappa shape index (κ1) is 29.0. The smallest absolute Gasteiger partial charge is 0.475 e. The zero-order valence-electron chi connectivity index (χ0n) is 20.0. The van der Waals surface area contributed by atoms with E-state index in [1.54, 1.807) is 32.9 Å². The summed E-state index contributed by atoms with van der Waals surface area (Å²) in [6.07, 6.45) is -2.19. The molecule has 16 heteroatoms. The van der Waals surface area contributed by atoms with E-state index in [4.69, 9.17) is 36.5 Å². The van der Waals surface area contributed by atoms with E-state index in [1.165, 1.54) is 24.5 Å². The highest BCUT2D eigenvalue weighted by molar-refractivity contribution is 7.94. The second kappa shape index (κ2) is 9.94. The van der Waals surface area contributed by atoms with E-state index in [1.807, 2.05) is 0 Å². The number of amidine groups is 1. The van der Waals surface area contributed by atoms with E-state index in [0.29, 0.717) is 27.9 Å². The number of alkyl halides is 3. The van der Waals surface area contributed by atoms with Crippen molar-refractivity contribution in [3.8, 4) is 22.8 Å². The monoisotopic (exact) mass is 576 g/mol. The van der Waals surface area contributed by atoms with Gasteiger partial charge in [0.2, 0.25) is 0 Å². The average molecular weight is 577 g/mol. The second-order valence-electron chi connectivity index (χ2n) is 8.90. The van der Waals surface area contributed by atoms with Crippen LogP contribution in [0.1, 0.15) is 26.3 Å². The lowest BCUT2D eigenvalue weighted by atomic mass is 9.91. The molecule has 4 rings (SSSR count). The number of carbonyl (C=O) groups is 1. The third-order valence-electron chi connectivity index (χ3n) is 5.73. The standard InChI is InChI=1S/C20H20ClFN6O2S.C2HF3O2/c1-19(2)18(23)27-20(3,10-31(19,24)29)13-6-11(4-5-14(13)22)16-7-15(28-30-16)17-25-8-12(21)9-26-17;3-2(4,5)1(6)7/h4-9,24H,10H2,1-3H3,(H2,23,27);(H,6,7)/t20-,31+;/m0./s1. The van der Waals surface area contributed by atoms with Crippen LogP contribution in [-0.2, 0) is 20.1 Å². The number of hydrogen-bond acceptors (Lipinski definition) is 9. The van der Waals surface area contributed by atoms with Crippen LogP contribution in [0.25, 0.3) is 22.8 Å². The zero-order chi connectivity index (χ0) is 28.7. The number of carboxylic acid groups (broad SMARTS) is 1. The predicted molar refractivity (Wildman–Crippen MR) is 130 cm³/mol. The van der Waals surface area contributed by atoms with Gasteiger partial charge in [-0.15, -0.1) is 0 Å². The third kappa shape index (κ3) is 5.78. The molecule has 204 valence electrons. The number of carboxylic acids is 1. The van der Waals surface area contributed by atoms with E-state index in [9.17, 15) is 21.8 Å². The van der Waals surface area contributed by atoms with Crippen LogP contribution in [0, 0.1) is 10.6 Å². The summed E-state index contributed by atoms with van der Waals surface area (Å²) in [5, 5.41) is 11.5. The molecule has 1 aliphatic rings. The molecule has 1 aliphatic heterocycles. The summed E-state index contributed by atoms with van der Waals surface area (Å²) in [6.45, 7) is 4.85. The van der Waals surface area contributed by atoms with Crippen LogP contribution in [0.5, 0.6) is 0 Å². The van der Waals surface area contributed by atoms with Gasteiger partial charge in [0.15, 0.2) is 17.3 Å².